The molecule has 2 rings (SSSR count). The quantitative estimate of drug-likeness (QED) is 0.843. The molecule has 0 aliphatic carbocycles. The molecule has 0 unspecified atom stereocenters. The highest BCUT2D eigenvalue weighted by molar-refractivity contribution is 7.98. The predicted octanol–water partition coefficient (Wildman–Crippen LogP) is 4.53. The summed E-state index contributed by atoms with van der Waals surface area (Å²) in [6.45, 7) is 0. The lowest BCUT2D eigenvalue weighted by atomic mass is 10.2. The van der Waals surface area contributed by atoms with Gasteiger partial charge in [0, 0.05) is 21.1 Å². The number of carboxylic acids is 1. The van der Waals surface area contributed by atoms with Gasteiger partial charge in [0.05, 0.1) is 0 Å². The monoisotopic (exact) mass is 302 g/mol. The summed E-state index contributed by atoms with van der Waals surface area (Å²) in [4.78, 5) is 11.8. The highest BCUT2D eigenvalue weighted by atomic mass is 35.5. The molecule has 0 aliphatic rings. The van der Waals surface area contributed by atoms with Crippen LogP contribution in [-0.4, -0.2) is 11.1 Å². The third-order valence-corrected chi connectivity index (χ3v) is 4.52. The Morgan fingerprint density at radius 1 is 1.44 bits per heavy atom. The molecular weight excluding hydrogens is 295 g/mol. The van der Waals surface area contributed by atoms with Gasteiger partial charge >= 0.3 is 5.97 Å². The molecule has 1 heterocycles. The number of thioether (sulfide) groups is 1. The molecule has 18 heavy (non-hydrogen) atoms. The Morgan fingerprint density at radius 2 is 2.22 bits per heavy atom. The van der Waals surface area contributed by atoms with Crippen molar-refractivity contribution in [2.45, 2.75) is 10.6 Å². The third kappa shape index (κ3) is 3.25. The van der Waals surface area contributed by atoms with Crippen LogP contribution >= 0.6 is 34.7 Å². The van der Waals surface area contributed by atoms with Gasteiger partial charge in [-0.1, -0.05) is 11.6 Å². The number of hydrogen-bond acceptors (Lipinski definition) is 3. The van der Waals surface area contributed by atoms with E-state index in [0.717, 1.165) is 16.2 Å². The number of hydrogen-bond donors (Lipinski definition) is 1. The molecule has 0 amide bonds. The molecule has 0 spiro atoms. The molecule has 1 N–H and O–H groups in total. The first-order valence-corrected chi connectivity index (χ1v) is 7.19. The van der Waals surface area contributed by atoms with E-state index in [-0.39, 0.29) is 10.7 Å². The van der Waals surface area contributed by atoms with Crippen molar-refractivity contribution in [2.24, 2.45) is 0 Å². The standard InChI is InChI=1S/C12H8ClFO2S2/c13-8-1-2-10(14)7(3-8)5-17-9-4-11(12(15)16)18-6-9/h1-4,6H,5H2,(H,15,16). The molecule has 0 aliphatic heterocycles. The molecule has 0 bridgehead atoms. The van der Waals surface area contributed by atoms with Gasteiger partial charge < -0.3 is 5.11 Å². The minimum atomic E-state index is -0.944. The molecule has 0 atom stereocenters. The van der Waals surface area contributed by atoms with Crippen LogP contribution in [0.15, 0.2) is 34.5 Å². The van der Waals surface area contributed by atoms with E-state index >= 15 is 0 Å². The number of carbonyl (C=O) groups is 1. The van der Waals surface area contributed by atoms with E-state index in [1.54, 1.807) is 17.5 Å². The van der Waals surface area contributed by atoms with E-state index in [9.17, 15) is 9.18 Å². The minimum Gasteiger partial charge on any atom is -0.477 e. The van der Waals surface area contributed by atoms with Crippen LogP contribution in [0.25, 0.3) is 0 Å². The molecule has 94 valence electrons. The molecule has 2 nitrogen and oxygen atoms in total. The van der Waals surface area contributed by atoms with Crippen molar-refractivity contribution in [1.29, 1.82) is 0 Å². The summed E-state index contributed by atoms with van der Waals surface area (Å²) in [5, 5.41) is 11.0. The van der Waals surface area contributed by atoms with E-state index in [0.29, 0.717) is 16.3 Å². The van der Waals surface area contributed by atoms with Crippen LogP contribution < -0.4 is 0 Å². The van der Waals surface area contributed by atoms with E-state index < -0.39 is 5.97 Å². The van der Waals surface area contributed by atoms with Crippen LogP contribution in [0.1, 0.15) is 15.2 Å². The zero-order valence-corrected chi connectivity index (χ0v) is 11.4. The summed E-state index contributed by atoms with van der Waals surface area (Å²) < 4.78 is 13.4. The Balaban J connectivity index is 2.06. The normalized spacial score (nSPS) is 10.6. The fourth-order valence-electron chi connectivity index (χ4n) is 1.32. The van der Waals surface area contributed by atoms with Crippen LogP contribution in [-0.2, 0) is 5.75 Å². The van der Waals surface area contributed by atoms with Crippen LogP contribution in [0.4, 0.5) is 4.39 Å². The van der Waals surface area contributed by atoms with Crippen molar-refractivity contribution >= 4 is 40.7 Å². The summed E-state index contributed by atoms with van der Waals surface area (Å²) in [6, 6.07) is 5.99. The Morgan fingerprint density at radius 3 is 2.89 bits per heavy atom. The van der Waals surface area contributed by atoms with Crippen molar-refractivity contribution in [2.75, 3.05) is 0 Å². The minimum absolute atomic E-state index is 0.282. The summed E-state index contributed by atoms with van der Waals surface area (Å²) >= 11 is 8.34. The van der Waals surface area contributed by atoms with Crippen molar-refractivity contribution < 1.29 is 14.3 Å². The lowest BCUT2D eigenvalue weighted by Gasteiger charge is -2.02. The van der Waals surface area contributed by atoms with Gasteiger partial charge in [0.25, 0.3) is 0 Å². The Bertz CT molecular complexity index is 583. The van der Waals surface area contributed by atoms with E-state index in [1.165, 1.54) is 23.9 Å². The fourth-order valence-corrected chi connectivity index (χ4v) is 3.36. The van der Waals surface area contributed by atoms with Crippen LogP contribution in [0.2, 0.25) is 5.02 Å². The van der Waals surface area contributed by atoms with Gasteiger partial charge in [-0.25, -0.2) is 9.18 Å². The maximum absolute atomic E-state index is 13.4. The van der Waals surface area contributed by atoms with Gasteiger partial charge in [0.15, 0.2) is 0 Å². The van der Waals surface area contributed by atoms with E-state index in [2.05, 4.69) is 0 Å². The van der Waals surface area contributed by atoms with Crippen molar-refractivity contribution in [3.8, 4) is 0 Å². The van der Waals surface area contributed by atoms with E-state index in [4.69, 9.17) is 16.7 Å². The second-order valence-corrected chi connectivity index (χ2v) is 5.87. The Labute approximate surface area is 116 Å². The molecule has 1 aromatic heterocycles. The van der Waals surface area contributed by atoms with Gasteiger partial charge in [-0.05, 0) is 29.8 Å². The number of aromatic carboxylic acids is 1. The maximum atomic E-state index is 13.4. The van der Waals surface area contributed by atoms with Crippen molar-refractivity contribution in [1.82, 2.24) is 0 Å². The number of benzene rings is 1. The van der Waals surface area contributed by atoms with Gasteiger partial charge in [-0.2, -0.15) is 0 Å². The van der Waals surface area contributed by atoms with Crippen molar-refractivity contribution in [3.63, 3.8) is 0 Å². The molecule has 0 saturated carbocycles. The highest BCUT2D eigenvalue weighted by Gasteiger charge is 2.09. The number of halogens is 2. The first kappa shape index (κ1) is 13.4. The first-order valence-electron chi connectivity index (χ1n) is 4.95. The molecule has 2 aromatic rings. The number of carboxylic acid groups (broad SMARTS) is 1. The molecule has 1 aromatic carbocycles. The topological polar surface area (TPSA) is 37.3 Å². The first-order chi connectivity index (χ1) is 8.56. The Kier molecular flexibility index (Phi) is 4.27. The van der Waals surface area contributed by atoms with Crippen LogP contribution in [0, 0.1) is 5.82 Å². The number of rotatable bonds is 4. The van der Waals surface area contributed by atoms with Gasteiger partial charge in [0.2, 0.25) is 0 Å². The second kappa shape index (κ2) is 5.73. The smallest absolute Gasteiger partial charge is 0.345 e. The lowest BCUT2D eigenvalue weighted by Crippen LogP contribution is -1.90. The van der Waals surface area contributed by atoms with Gasteiger partial charge in [-0.15, -0.1) is 23.1 Å². The SMILES string of the molecule is O=C(O)c1cc(SCc2cc(Cl)ccc2F)cs1. The Hall–Kier alpha value is -1.04. The third-order valence-electron chi connectivity index (χ3n) is 2.19. The molecular formula is C12H8ClFO2S2. The van der Waals surface area contributed by atoms with Crippen LogP contribution in [0.3, 0.4) is 0 Å². The average Bonchev–Trinajstić information content (AvgIpc) is 2.79. The molecule has 0 fully saturated rings. The zero-order valence-electron chi connectivity index (χ0n) is 9.02. The largest absolute Gasteiger partial charge is 0.477 e. The highest BCUT2D eigenvalue weighted by Crippen LogP contribution is 2.29. The summed E-state index contributed by atoms with van der Waals surface area (Å²) in [6.07, 6.45) is 0. The lowest BCUT2D eigenvalue weighted by molar-refractivity contribution is 0.0702. The molecule has 0 saturated heterocycles. The second-order valence-electron chi connectivity index (χ2n) is 3.48. The fraction of sp³-hybridized carbons (Fsp3) is 0.0833. The zero-order chi connectivity index (χ0) is 13.1. The summed E-state index contributed by atoms with van der Waals surface area (Å²) in [5.41, 5.74) is 0.510. The van der Waals surface area contributed by atoms with Crippen LogP contribution in [0.5, 0.6) is 0 Å². The molecule has 6 heteroatoms. The number of thiophene rings is 1. The average molecular weight is 303 g/mol. The maximum Gasteiger partial charge on any atom is 0.345 e. The predicted molar refractivity (Wildman–Crippen MR) is 72.2 cm³/mol. The molecule has 0 radical (unpaired) electrons. The summed E-state index contributed by atoms with van der Waals surface area (Å²) in [7, 11) is 0. The van der Waals surface area contributed by atoms with Gasteiger partial charge in [0.1, 0.15) is 10.7 Å². The summed E-state index contributed by atoms with van der Waals surface area (Å²) in [5.74, 6) is -0.830. The van der Waals surface area contributed by atoms with E-state index in [1.807, 2.05) is 0 Å². The van der Waals surface area contributed by atoms with Gasteiger partial charge in [-0.3, -0.25) is 0 Å². The van der Waals surface area contributed by atoms with Crippen molar-refractivity contribution in [3.05, 3.63) is 50.9 Å².